The summed E-state index contributed by atoms with van der Waals surface area (Å²) in [5.41, 5.74) is 5.73. The minimum absolute atomic E-state index is 0.143. The maximum atomic E-state index is 12.8. The second-order valence-corrected chi connectivity index (χ2v) is 5.19. The highest BCUT2D eigenvalue weighted by molar-refractivity contribution is 5.81. The fraction of sp³-hybridized carbons (Fsp3) is 0.692. The van der Waals surface area contributed by atoms with Crippen LogP contribution in [0.3, 0.4) is 0 Å². The predicted molar refractivity (Wildman–Crippen MR) is 75.2 cm³/mol. The quantitative estimate of drug-likeness (QED) is 0.793. The Bertz CT molecular complexity index is 489. The molecule has 1 aliphatic rings. The predicted octanol–water partition coefficient (Wildman–Crippen LogP) is -0.104. The van der Waals surface area contributed by atoms with E-state index < -0.39 is 12.6 Å². The van der Waals surface area contributed by atoms with Crippen LogP contribution >= 0.6 is 0 Å². The van der Waals surface area contributed by atoms with Crippen LogP contribution in [0.15, 0.2) is 12.4 Å². The Balaban J connectivity index is 1.84. The van der Waals surface area contributed by atoms with Gasteiger partial charge in [-0.05, 0) is 0 Å². The van der Waals surface area contributed by atoms with Crippen LogP contribution in [-0.2, 0) is 16.1 Å². The molecule has 7 nitrogen and oxygen atoms in total. The number of halogens is 2. The number of nitrogens with two attached hydrogens (primary N) is 1. The number of aromatic nitrogens is 2. The molecule has 1 aromatic heterocycles. The van der Waals surface area contributed by atoms with Gasteiger partial charge in [0.05, 0.1) is 13.2 Å². The maximum absolute atomic E-state index is 12.8. The van der Waals surface area contributed by atoms with Crippen molar-refractivity contribution in [1.29, 1.82) is 0 Å². The first kappa shape index (κ1) is 16.8. The molecule has 9 heteroatoms. The van der Waals surface area contributed by atoms with Crippen LogP contribution < -0.4 is 5.73 Å². The summed E-state index contributed by atoms with van der Waals surface area (Å²) >= 11 is 0. The number of methoxy groups -OCH3 is 1. The average Bonchev–Trinajstić information content (AvgIpc) is 2.96. The molecule has 0 aliphatic carbocycles. The van der Waals surface area contributed by atoms with Gasteiger partial charge in [0.25, 0.3) is 0 Å². The van der Waals surface area contributed by atoms with Crippen molar-refractivity contribution in [2.75, 3.05) is 39.9 Å². The van der Waals surface area contributed by atoms with Crippen molar-refractivity contribution in [3.63, 3.8) is 0 Å². The highest BCUT2D eigenvalue weighted by atomic mass is 19.3. The van der Waals surface area contributed by atoms with E-state index in [0.29, 0.717) is 38.5 Å². The summed E-state index contributed by atoms with van der Waals surface area (Å²) in [6.45, 7) is 0.168. The summed E-state index contributed by atoms with van der Waals surface area (Å²) in [7, 11) is 1.50. The molecule has 1 aromatic rings. The second-order valence-electron chi connectivity index (χ2n) is 5.19. The lowest BCUT2D eigenvalue weighted by Gasteiger charge is -2.35. The molecule has 1 amide bonds. The molecule has 1 fully saturated rings. The molecule has 1 unspecified atom stereocenters. The van der Waals surface area contributed by atoms with Gasteiger partial charge in [-0.2, -0.15) is 8.78 Å². The molecular formula is C13H21F2N5O2. The number of carbonyl (C=O) groups excluding carboxylic acids is 1. The largest absolute Gasteiger partial charge is 0.383 e. The lowest BCUT2D eigenvalue weighted by molar-refractivity contribution is -0.135. The number of amides is 1. The summed E-state index contributed by atoms with van der Waals surface area (Å²) in [4.78, 5) is 19.7. The molecule has 0 spiro atoms. The topological polar surface area (TPSA) is 76.6 Å². The standard InChI is InChI=1S/C13H21F2N5O2/c1-22-9-10(16)12(21)19-6-4-18(5-7-19)8-11-17-2-3-20(11)13(14)15/h2-3,10,13H,4-9,16H2,1H3. The van der Waals surface area contributed by atoms with E-state index in [1.54, 1.807) is 4.90 Å². The Morgan fingerprint density at radius 2 is 2.09 bits per heavy atom. The first-order valence-corrected chi connectivity index (χ1v) is 7.08. The first-order chi connectivity index (χ1) is 10.5. The minimum Gasteiger partial charge on any atom is -0.383 e. The third-order valence-electron chi connectivity index (χ3n) is 3.67. The molecule has 2 rings (SSSR count). The van der Waals surface area contributed by atoms with E-state index in [-0.39, 0.29) is 12.5 Å². The molecule has 1 saturated heterocycles. The van der Waals surface area contributed by atoms with Crippen molar-refractivity contribution in [3.8, 4) is 0 Å². The van der Waals surface area contributed by atoms with Crippen molar-refractivity contribution >= 4 is 5.91 Å². The molecular weight excluding hydrogens is 296 g/mol. The van der Waals surface area contributed by atoms with Gasteiger partial charge in [-0.25, -0.2) is 4.98 Å². The molecule has 2 heterocycles. The van der Waals surface area contributed by atoms with Gasteiger partial charge in [-0.15, -0.1) is 0 Å². The third kappa shape index (κ3) is 3.99. The van der Waals surface area contributed by atoms with Crippen LogP contribution in [0.4, 0.5) is 8.78 Å². The lowest BCUT2D eigenvalue weighted by Crippen LogP contribution is -2.54. The number of imidazole rings is 1. The Morgan fingerprint density at radius 1 is 1.41 bits per heavy atom. The van der Waals surface area contributed by atoms with Gasteiger partial charge in [-0.1, -0.05) is 0 Å². The Labute approximate surface area is 127 Å². The zero-order chi connectivity index (χ0) is 16.1. The zero-order valence-electron chi connectivity index (χ0n) is 12.5. The number of alkyl halides is 2. The summed E-state index contributed by atoms with van der Waals surface area (Å²) in [5, 5.41) is 0. The van der Waals surface area contributed by atoms with Gasteiger partial charge in [0.2, 0.25) is 5.91 Å². The van der Waals surface area contributed by atoms with Crippen LogP contribution in [0, 0.1) is 0 Å². The van der Waals surface area contributed by atoms with E-state index >= 15 is 0 Å². The highest BCUT2D eigenvalue weighted by Gasteiger charge is 2.26. The number of hydrogen-bond acceptors (Lipinski definition) is 5. The van der Waals surface area contributed by atoms with Crippen molar-refractivity contribution < 1.29 is 18.3 Å². The van der Waals surface area contributed by atoms with E-state index in [0.717, 1.165) is 4.57 Å². The molecule has 2 N–H and O–H groups in total. The van der Waals surface area contributed by atoms with Crippen LogP contribution in [0.25, 0.3) is 0 Å². The van der Waals surface area contributed by atoms with Crippen LogP contribution in [0.5, 0.6) is 0 Å². The van der Waals surface area contributed by atoms with Crippen molar-refractivity contribution in [2.45, 2.75) is 19.1 Å². The van der Waals surface area contributed by atoms with Gasteiger partial charge >= 0.3 is 6.55 Å². The van der Waals surface area contributed by atoms with Crippen molar-refractivity contribution in [1.82, 2.24) is 19.4 Å². The summed E-state index contributed by atoms with van der Waals surface area (Å²) in [6, 6.07) is -0.658. The monoisotopic (exact) mass is 317 g/mol. The molecule has 0 radical (unpaired) electrons. The Morgan fingerprint density at radius 3 is 2.68 bits per heavy atom. The number of piperazine rings is 1. The van der Waals surface area contributed by atoms with E-state index in [9.17, 15) is 13.6 Å². The average molecular weight is 317 g/mol. The molecule has 0 bridgehead atoms. The van der Waals surface area contributed by atoms with Gasteiger partial charge < -0.3 is 15.4 Å². The fourth-order valence-corrected chi connectivity index (χ4v) is 2.46. The van der Waals surface area contributed by atoms with Gasteiger partial charge in [-0.3, -0.25) is 14.3 Å². The SMILES string of the molecule is COCC(N)C(=O)N1CCN(Cc2nccn2C(F)F)CC1. The number of ether oxygens (including phenoxy) is 1. The highest BCUT2D eigenvalue weighted by Crippen LogP contribution is 2.15. The van der Waals surface area contributed by atoms with Crippen LogP contribution in [-0.4, -0.2) is 71.2 Å². The van der Waals surface area contributed by atoms with Crippen LogP contribution in [0.2, 0.25) is 0 Å². The van der Waals surface area contributed by atoms with Crippen molar-refractivity contribution in [3.05, 3.63) is 18.2 Å². The molecule has 1 aliphatic heterocycles. The van der Waals surface area contributed by atoms with Crippen LogP contribution in [0.1, 0.15) is 12.4 Å². The summed E-state index contributed by atoms with van der Waals surface area (Å²) < 4.78 is 31.3. The lowest BCUT2D eigenvalue weighted by atomic mass is 10.2. The molecule has 124 valence electrons. The second kappa shape index (κ2) is 7.61. The molecule has 1 atom stereocenters. The normalized spacial score (nSPS) is 18.0. The molecule has 0 aromatic carbocycles. The minimum atomic E-state index is -2.59. The van der Waals surface area contributed by atoms with Crippen molar-refractivity contribution in [2.24, 2.45) is 5.73 Å². The fourth-order valence-electron chi connectivity index (χ4n) is 2.46. The number of hydrogen-bond donors (Lipinski definition) is 1. The summed E-state index contributed by atoms with van der Waals surface area (Å²) in [5.74, 6) is 0.182. The Kier molecular flexibility index (Phi) is 5.81. The van der Waals surface area contributed by atoms with Gasteiger partial charge in [0.1, 0.15) is 11.9 Å². The number of nitrogens with zero attached hydrogens (tertiary/aromatic N) is 4. The summed E-state index contributed by atoms with van der Waals surface area (Å²) in [6.07, 6.45) is 2.63. The Hall–Kier alpha value is -1.58. The van der Waals surface area contributed by atoms with E-state index in [1.807, 2.05) is 4.90 Å². The molecule has 22 heavy (non-hydrogen) atoms. The first-order valence-electron chi connectivity index (χ1n) is 7.08. The van der Waals surface area contributed by atoms with E-state index in [2.05, 4.69) is 4.98 Å². The maximum Gasteiger partial charge on any atom is 0.319 e. The van der Waals surface area contributed by atoms with Gasteiger partial charge in [0, 0.05) is 45.7 Å². The van der Waals surface area contributed by atoms with E-state index in [4.69, 9.17) is 10.5 Å². The molecule has 0 saturated carbocycles. The zero-order valence-corrected chi connectivity index (χ0v) is 12.5. The van der Waals surface area contributed by atoms with E-state index in [1.165, 1.54) is 19.5 Å². The van der Waals surface area contributed by atoms with Gasteiger partial charge in [0.15, 0.2) is 0 Å². The third-order valence-corrected chi connectivity index (χ3v) is 3.67. The number of carbonyl (C=O) groups is 1. The number of rotatable bonds is 6. The smallest absolute Gasteiger partial charge is 0.319 e.